The molecule has 0 spiro atoms. The molecule has 0 amide bonds. The first kappa shape index (κ1) is 12.7. The van der Waals surface area contributed by atoms with Gasteiger partial charge in [-0.3, -0.25) is 4.99 Å². The third-order valence-corrected chi connectivity index (χ3v) is 3.55. The number of halogens is 2. The first-order valence-corrected chi connectivity index (χ1v) is 6.16. The number of ether oxygens (including phenoxy) is 1. The first-order valence-electron chi connectivity index (χ1n) is 4.18. The molecule has 0 fully saturated rings. The van der Waals surface area contributed by atoms with Crippen LogP contribution in [0, 0.1) is 0 Å². The average Bonchev–Trinajstić information content (AvgIpc) is 2.26. The normalized spacial score (nSPS) is 11.7. The molecule has 0 saturated heterocycles. The minimum Gasteiger partial charge on any atom is -0.495 e. The zero-order valence-electron chi connectivity index (χ0n) is 8.67. The summed E-state index contributed by atoms with van der Waals surface area (Å²) >= 11 is 13.7. The smallest absolute Gasteiger partial charge is 0.139 e. The van der Waals surface area contributed by atoms with Gasteiger partial charge >= 0.3 is 0 Å². The largest absolute Gasteiger partial charge is 0.495 e. The molecule has 2 nitrogen and oxygen atoms in total. The molecule has 1 rings (SSSR count). The highest BCUT2D eigenvalue weighted by molar-refractivity contribution is 8.13. The Kier molecular flexibility index (Phi) is 4.77. The number of methoxy groups -OCH3 is 1. The quantitative estimate of drug-likeness (QED) is 0.599. The summed E-state index contributed by atoms with van der Waals surface area (Å²) in [7, 11) is 3.28. The minimum absolute atomic E-state index is 0.423. The molecule has 0 saturated carbocycles. The molecule has 0 aliphatic rings. The van der Waals surface area contributed by atoms with Gasteiger partial charge in [0.1, 0.15) is 10.8 Å². The third kappa shape index (κ3) is 2.60. The maximum atomic E-state index is 6.12. The second-order valence-corrected chi connectivity index (χ2v) is 4.23. The van der Waals surface area contributed by atoms with Gasteiger partial charge in [0.25, 0.3) is 0 Å². The molecule has 0 heterocycles. The van der Waals surface area contributed by atoms with E-state index in [0.29, 0.717) is 15.8 Å². The van der Waals surface area contributed by atoms with Crippen LogP contribution in [-0.2, 0) is 0 Å². The fourth-order valence-corrected chi connectivity index (χ4v) is 2.29. The molecule has 1 aromatic carbocycles. The van der Waals surface area contributed by atoms with Crippen molar-refractivity contribution in [3.05, 3.63) is 27.7 Å². The molecule has 1 aromatic rings. The highest BCUT2D eigenvalue weighted by Crippen LogP contribution is 2.35. The molecule has 0 aliphatic heterocycles. The number of rotatable bonds is 2. The van der Waals surface area contributed by atoms with E-state index in [9.17, 15) is 0 Å². The molecular formula is C10H11Cl2NOS. The fraction of sp³-hybridized carbons (Fsp3) is 0.300. The monoisotopic (exact) mass is 263 g/mol. The molecule has 0 radical (unpaired) electrons. The highest BCUT2D eigenvalue weighted by atomic mass is 35.5. The summed E-state index contributed by atoms with van der Waals surface area (Å²) < 4.78 is 5.06. The van der Waals surface area contributed by atoms with Crippen molar-refractivity contribution < 1.29 is 4.74 Å². The van der Waals surface area contributed by atoms with Crippen LogP contribution in [-0.4, -0.2) is 25.5 Å². The van der Waals surface area contributed by atoms with Crippen LogP contribution in [0.4, 0.5) is 0 Å². The minimum atomic E-state index is 0.423. The lowest BCUT2D eigenvalue weighted by Crippen LogP contribution is -1.97. The van der Waals surface area contributed by atoms with Crippen molar-refractivity contribution in [3.8, 4) is 5.75 Å². The Morgan fingerprint density at radius 2 is 2.00 bits per heavy atom. The summed E-state index contributed by atoms with van der Waals surface area (Å²) in [4.78, 5) is 4.13. The Labute approximate surface area is 104 Å². The summed E-state index contributed by atoms with van der Waals surface area (Å²) in [6.07, 6.45) is 1.94. The van der Waals surface area contributed by atoms with Crippen LogP contribution in [0.2, 0.25) is 10.0 Å². The number of thioether (sulfide) groups is 1. The van der Waals surface area contributed by atoms with Crippen LogP contribution in [0.25, 0.3) is 0 Å². The Morgan fingerprint density at radius 3 is 2.47 bits per heavy atom. The van der Waals surface area contributed by atoms with E-state index in [1.165, 1.54) is 11.8 Å². The molecule has 0 bridgehead atoms. The SMILES string of the molecule is CN=C(SC)c1ccc(OC)c(Cl)c1Cl. The Morgan fingerprint density at radius 1 is 1.33 bits per heavy atom. The number of aliphatic imine (C=N–C) groups is 1. The second kappa shape index (κ2) is 5.64. The predicted molar refractivity (Wildman–Crippen MR) is 69.0 cm³/mol. The van der Waals surface area contributed by atoms with Gasteiger partial charge < -0.3 is 4.74 Å². The maximum Gasteiger partial charge on any atom is 0.139 e. The predicted octanol–water partition coefficient (Wildman–Crippen LogP) is 3.74. The third-order valence-electron chi connectivity index (χ3n) is 1.89. The van der Waals surface area contributed by atoms with Crippen molar-refractivity contribution in [1.82, 2.24) is 0 Å². The molecule has 0 aliphatic carbocycles. The van der Waals surface area contributed by atoms with E-state index in [2.05, 4.69) is 4.99 Å². The molecule has 0 N–H and O–H groups in total. The lowest BCUT2D eigenvalue weighted by atomic mass is 10.2. The highest BCUT2D eigenvalue weighted by Gasteiger charge is 2.13. The molecule has 0 aromatic heterocycles. The van der Waals surface area contributed by atoms with Crippen molar-refractivity contribution >= 4 is 40.0 Å². The van der Waals surface area contributed by atoms with E-state index in [1.807, 2.05) is 12.3 Å². The van der Waals surface area contributed by atoms with Crippen molar-refractivity contribution in [1.29, 1.82) is 0 Å². The molecular weight excluding hydrogens is 253 g/mol. The van der Waals surface area contributed by atoms with E-state index < -0.39 is 0 Å². The lowest BCUT2D eigenvalue weighted by molar-refractivity contribution is 0.415. The van der Waals surface area contributed by atoms with Crippen molar-refractivity contribution in [2.45, 2.75) is 0 Å². The molecule has 82 valence electrons. The number of nitrogens with zero attached hydrogens (tertiary/aromatic N) is 1. The van der Waals surface area contributed by atoms with Crippen LogP contribution < -0.4 is 4.74 Å². The van der Waals surface area contributed by atoms with Gasteiger partial charge in [-0.2, -0.15) is 0 Å². The molecule has 5 heteroatoms. The molecule has 0 unspecified atom stereocenters. The van der Waals surface area contributed by atoms with Crippen LogP contribution in [0.3, 0.4) is 0 Å². The first-order chi connectivity index (χ1) is 7.15. The van der Waals surface area contributed by atoms with Crippen LogP contribution >= 0.6 is 35.0 Å². The summed E-state index contributed by atoms with van der Waals surface area (Å²) in [6, 6.07) is 3.64. The topological polar surface area (TPSA) is 21.6 Å². The number of benzene rings is 1. The summed E-state index contributed by atoms with van der Waals surface area (Å²) in [5.41, 5.74) is 0.831. The van der Waals surface area contributed by atoms with Gasteiger partial charge in [-0.15, -0.1) is 11.8 Å². The standard InChI is InChI=1S/C10H11Cl2NOS/c1-13-10(15-3)6-4-5-7(14-2)9(12)8(6)11/h4-5H,1-3H3. The van der Waals surface area contributed by atoms with Gasteiger partial charge in [-0.1, -0.05) is 23.2 Å². The van der Waals surface area contributed by atoms with Gasteiger partial charge in [0.05, 0.1) is 17.2 Å². The van der Waals surface area contributed by atoms with Crippen molar-refractivity contribution in [2.75, 3.05) is 20.4 Å². The fourth-order valence-electron chi connectivity index (χ4n) is 1.18. The van der Waals surface area contributed by atoms with Gasteiger partial charge in [-0.05, 0) is 18.4 Å². The zero-order valence-corrected chi connectivity index (χ0v) is 11.0. The van der Waals surface area contributed by atoms with Crippen LogP contribution in [0.5, 0.6) is 5.75 Å². The van der Waals surface area contributed by atoms with E-state index in [-0.39, 0.29) is 0 Å². The van der Waals surface area contributed by atoms with Gasteiger partial charge in [-0.25, -0.2) is 0 Å². The van der Waals surface area contributed by atoms with Gasteiger partial charge in [0.15, 0.2) is 0 Å². The zero-order chi connectivity index (χ0) is 11.4. The number of hydrogen-bond acceptors (Lipinski definition) is 3. The maximum absolute atomic E-state index is 6.12. The Balaban J connectivity index is 3.29. The van der Waals surface area contributed by atoms with Crippen molar-refractivity contribution in [3.63, 3.8) is 0 Å². The van der Waals surface area contributed by atoms with E-state index >= 15 is 0 Å². The second-order valence-electron chi connectivity index (χ2n) is 2.68. The van der Waals surface area contributed by atoms with E-state index in [1.54, 1.807) is 20.2 Å². The van der Waals surface area contributed by atoms with Gasteiger partial charge in [0, 0.05) is 12.6 Å². The Bertz CT molecular complexity index is 393. The number of hydrogen-bond donors (Lipinski definition) is 0. The summed E-state index contributed by atoms with van der Waals surface area (Å²) in [6.45, 7) is 0. The average molecular weight is 264 g/mol. The summed E-state index contributed by atoms with van der Waals surface area (Å²) in [5.74, 6) is 0.571. The van der Waals surface area contributed by atoms with Crippen LogP contribution in [0.1, 0.15) is 5.56 Å². The summed E-state index contributed by atoms with van der Waals surface area (Å²) in [5, 5.41) is 1.75. The molecule has 15 heavy (non-hydrogen) atoms. The Hall–Kier alpha value is -0.380. The van der Waals surface area contributed by atoms with Crippen LogP contribution in [0.15, 0.2) is 17.1 Å². The van der Waals surface area contributed by atoms with Gasteiger partial charge in [0.2, 0.25) is 0 Å². The van der Waals surface area contributed by atoms with Crippen molar-refractivity contribution in [2.24, 2.45) is 4.99 Å². The van der Waals surface area contributed by atoms with E-state index in [0.717, 1.165) is 10.6 Å². The van der Waals surface area contributed by atoms with E-state index in [4.69, 9.17) is 27.9 Å². The molecule has 0 atom stereocenters. The lowest BCUT2D eigenvalue weighted by Gasteiger charge is -2.09.